The Morgan fingerprint density at radius 2 is 1.86 bits per heavy atom. The number of aliphatic hydroxyl groups is 1. The lowest BCUT2D eigenvalue weighted by molar-refractivity contribution is 0.0239. The van der Waals surface area contributed by atoms with E-state index in [1.165, 1.54) is 25.7 Å². The summed E-state index contributed by atoms with van der Waals surface area (Å²) in [5.74, 6) is 6.32. The first-order chi connectivity index (χ1) is 10.2. The molecule has 0 aromatic rings. The first-order valence-corrected chi connectivity index (χ1v) is 8.72. The molecular weight excluding hydrogens is 262 g/mol. The van der Waals surface area contributed by atoms with Crippen LogP contribution in [0.3, 0.4) is 0 Å². The Morgan fingerprint density at radius 3 is 2.52 bits per heavy atom. The van der Waals surface area contributed by atoms with Crippen LogP contribution in [0.1, 0.15) is 65.2 Å². The summed E-state index contributed by atoms with van der Waals surface area (Å²) in [7, 11) is 0. The van der Waals surface area contributed by atoms with Crippen LogP contribution in [0.2, 0.25) is 0 Å². The van der Waals surface area contributed by atoms with Crippen LogP contribution in [0.4, 0.5) is 0 Å². The Hall–Kier alpha value is -0.560. The van der Waals surface area contributed by atoms with Gasteiger partial charge >= 0.3 is 0 Å². The molecule has 1 aliphatic heterocycles. The van der Waals surface area contributed by atoms with E-state index in [1.807, 2.05) is 6.92 Å². The zero-order valence-corrected chi connectivity index (χ0v) is 14.0. The molecule has 3 heteroatoms. The number of rotatable bonds is 9. The molecule has 0 saturated carbocycles. The van der Waals surface area contributed by atoms with Gasteiger partial charge in [0.2, 0.25) is 0 Å². The van der Waals surface area contributed by atoms with Crippen LogP contribution < -0.4 is 0 Å². The minimum atomic E-state index is -0.735. The average molecular weight is 295 g/mol. The van der Waals surface area contributed by atoms with Gasteiger partial charge in [0.25, 0.3) is 0 Å². The molecule has 1 rings (SSSR count). The largest absolute Gasteiger partial charge is 0.382 e. The Balaban J connectivity index is 2.16. The molecule has 0 amide bonds. The summed E-state index contributed by atoms with van der Waals surface area (Å²) in [5, 5.41) is 10.5. The molecular formula is C18H33NO2. The zero-order valence-electron chi connectivity index (χ0n) is 14.0. The van der Waals surface area contributed by atoms with Crippen LogP contribution in [0, 0.1) is 11.8 Å². The summed E-state index contributed by atoms with van der Waals surface area (Å²) < 4.78 is 5.36. The Bertz CT molecular complexity index is 311. The highest BCUT2D eigenvalue weighted by Gasteiger charge is 2.29. The Kier molecular flexibility index (Phi) is 9.74. The fourth-order valence-corrected chi connectivity index (χ4v) is 2.67. The van der Waals surface area contributed by atoms with E-state index < -0.39 is 5.60 Å². The van der Waals surface area contributed by atoms with Crippen molar-refractivity contribution in [3.8, 4) is 11.8 Å². The Labute approximate surface area is 131 Å². The van der Waals surface area contributed by atoms with Gasteiger partial charge in [0, 0.05) is 52.1 Å². The maximum Gasteiger partial charge on any atom is 0.127 e. The van der Waals surface area contributed by atoms with Crippen molar-refractivity contribution in [1.82, 2.24) is 4.90 Å². The molecule has 0 aromatic carbocycles. The molecule has 0 radical (unpaired) electrons. The van der Waals surface area contributed by atoms with E-state index >= 15 is 0 Å². The molecule has 1 saturated heterocycles. The summed E-state index contributed by atoms with van der Waals surface area (Å²) in [4.78, 5) is 2.41. The van der Waals surface area contributed by atoms with E-state index in [-0.39, 0.29) is 0 Å². The number of ether oxygens (including phenoxy) is 1. The van der Waals surface area contributed by atoms with Gasteiger partial charge in [-0.3, -0.25) is 0 Å². The highest BCUT2D eigenvalue weighted by molar-refractivity contribution is 5.15. The van der Waals surface area contributed by atoms with E-state index in [0.717, 1.165) is 58.5 Å². The molecule has 0 aromatic heterocycles. The molecule has 1 aliphatic rings. The third kappa shape index (κ3) is 8.46. The second kappa shape index (κ2) is 11.1. The molecule has 1 fully saturated rings. The van der Waals surface area contributed by atoms with Crippen molar-refractivity contribution in [2.24, 2.45) is 0 Å². The highest BCUT2D eigenvalue weighted by atomic mass is 16.5. The van der Waals surface area contributed by atoms with Gasteiger partial charge in [-0.15, -0.1) is 5.92 Å². The van der Waals surface area contributed by atoms with Crippen LogP contribution in [0.15, 0.2) is 0 Å². The number of unbranched alkanes of at least 4 members (excludes halogenated alkanes) is 4. The smallest absolute Gasteiger partial charge is 0.127 e. The first kappa shape index (κ1) is 18.5. The van der Waals surface area contributed by atoms with E-state index in [4.69, 9.17) is 4.74 Å². The van der Waals surface area contributed by atoms with Crippen molar-refractivity contribution in [2.75, 3.05) is 32.8 Å². The molecule has 0 aliphatic carbocycles. The minimum Gasteiger partial charge on any atom is -0.382 e. The number of likely N-dealkylation sites (tertiary alicyclic amines) is 1. The lowest BCUT2D eigenvalue weighted by Gasteiger charge is -2.35. The van der Waals surface area contributed by atoms with Gasteiger partial charge < -0.3 is 14.7 Å². The quantitative estimate of drug-likeness (QED) is 0.524. The Morgan fingerprint density at radius 1 is 1.10 bits per heavy atom. The molecule has 0 atom stereocenters. The monoisotopic (exact) mass is 295 g/mol. The highest BCUT2D eigenvalue weighted by Crippen LogP contribution is 2.21. The van der Waals surface area contributed by atoms with Crippen molar-refractivity contribution in [1.29, 1.82) is 0 Å². The maximum atomic E-state index is 10.5. The van der Waals surface area contributed by atoms with Crippen LogP contribution in [-0.2, 0) is 4.74 Å². The van der Waals surface area contributed by atoms with Crippen molar-refractivity contribution in [3.63, 3.8) is 0 Å². The number of hydrogen-bond acceptors (Lipinski definition) is 3. The summed E-state index contributed by atoms with van der Waals surface area (Å²) >= 11 is 0. The summed E-state index contributed by atoms with van der Waals surface area (Å²) in [6.07, 6.45) is 8.56. The molecule has 0 spiro atoms. The third-order valence-corrected chi connectivity index (χ3v) is 4.13. The summed E-state index contributed by atoms with van der Waals surface area (Å²) in [6, 6.07) is 0. The standard InChI is InChI=1S/C18H33NO2/c1-3-5-6-7-8-9-11-18(20)12-15-19(16-13-18)14-10-17-21-4-2/h20H,3-8,10,12-17H2,1-2H3. The van der Waals surface area contributed by atoms with Gasteiger partial charge in [0.1, 0.15) is 5.60 Å². The molecule has 0 unspecified atom stereocenters. The molecule has 1 N–H and O–H groups in total. The van der Waals surface area contributed by atoms with Crippen LogP contribution in [-0.4, -0.2) is 48.5 Å². The van der Waals surface area contributed by atoms with Gasteiger partial charge in [-0.05, 0) is 19.8 Å². The van der Waals surface area contributed by atoms with Crippen LogP contribution >= 0.6 is 0 Å². The fourth-order valence-electron chi connectivity index (χ4n) is 2.67. The van der Waals surface area contributed by atoms with Gasteiger partial charge in [-0.25, -0.2) is 0 Å². The fraction of sp³-hybridized carbons (Fsp3) is 0.889. The second-order valence-corrected chi connectivity index (χ2v) is 6.04. The normalized spacial score (nSPS) is 18.2. The van der Waals surface area contributed by atoms with Gasteiger partial charge in [0.15, 0.2) is 0 Å². The van der Waals surface area contributed by atoms with Crippen LogP contribution in [0.25, 0.3) is 0 Å². The maximum absolute atomic E-state index is 10.5. The minimum absolute atomic E-state index is 0.735. The molecule has 122 valence electrons. The number of nitrogens with zero attached hydrogens (tertiary/aromatic N) is 1. The zero-order chi connectivity index (χ0) is 15.4. The summed E-state index contributed by atoms with van der Waals surface area (Å²) in [6.45, 7) is 8.86. The van der Waals surface area contributed by atoms with Crippen LogP contribution in [0.5, 0.6) is 0 Å². The van der Waals surface area contributed by atoms with Gasteiger partial charge in [-0.2, -0.15) is 0 Å². The predicted molar refractivity (Wildman–Crippen MR) is 88.3 cm³/mol. The lowest BCUT2D eigenvalue weighted by atomic mass is 9.92. The summed E-state index contributed by atoms with van der Waals surface area (Å²) in [5.41, 5.74) is -0.735. The van der Waals surface area contributed by atoms with E-state index in [1.54, 1.807) is 0 Å². The van der Waals surface area contributed by atoms with Crippen molar-refractivity contribution < 1.29 is 9.84 Å². The SMILES string of the molecule is CCCCCCC#CC1(O)CCN(CCCOCC)CC1. The lowest BCUT2D eigenvalue weighted by Crippen LogP contribution is -2.44. The molecule has 1 heterocycles. The topological polar surface area (TPSA) is 32.7 Å². The third-order valence-electron chi connectivity index (χ3n) is 4.13. The van der Waals surface area contributed by atoms with Gasteiger partial charge in [-0.1, -0.05) is 32.1 Å². The van der Waals surface area contributed by atoms with E-state index in [2.05, 4.69) is 23.7 Å². The second-order valence-electron chi connectivity index (χ2n) is 6.04. The van der Waals surface area contributed by atoms with Crippen molar-refractivity contribution in [2.45, 2.75) is 70.8 Å². The first-order valence-electron chi connectivity index (χ1n) is 8.72. The molecule has 0 bridgehead atoms. The van der Waals surface area contributed by atoms with E-state index in [9.17, 15) is 5.11 Å². The number of hydrogen-bond donors (Lipinski definition) is 1. The van der Waals surface area contributed by atoms with Gasteiger partial charge in [0.05, 0.1) is 0 Å². The molecule has 3 nitrogen and oxygen atoms in total. The van der Waals surface area contributed by atoms with Crippen molar-refractivity contribution in [3.05, 3.63) is 0 Å². The molecule has 21 heavy (non-hydrogen) atoms. The average Bonchev–Trinajstić information content (AvgIpc) is 2.49. The predicted octanol–water partition coefficient (Wildman–Crippen LogP) is 3.21. The van der Waals surface area contributed by atoms with Crippen molar-refractivity contribution >= 4 is 0 Å². The van der Waals surface area contributed by atoms with E-state index in [0.29, 0.717) is 0 Å². The number of piperidine rings is 1.